The highest BCUT2D eigenvalue weighted by molar-refractivity contribution is 6.42. The highest BCUT2D eigenvalue weighted by Gasteiger charge is 2.21. The molecule has 1 aliphatic heterocycles. The number of benzene rings is 2. The lowest BCUT2D eigenvalue weighted by Gasteiger charge is -2.34. The van der Waals surface area contributed by atoms with Crippen molar-refractivity contribution in [1.82, 2.24) is 24.9 Å². The molecule has 0 aliphatic carbocycles. The number of nitrogens with zero attached hydrogens (tertiary/aromatic N) is 4. The van der Waals surface area contributed by atoms with Crippen molar-refractivity contribution in [2.75, 3.05) is 32.7 Å². The fourth-order valence-electron chi connectivity index (χ4n) is 3.92. The Balaban J connectivity index is 1.21. The molecule has 0 bridgehead atoms. The second kappa shape index (κ2) is 10.5. The van der Waals surface area contributed by atoms with Crippen LogP contribution in [0.1, 0.15) is 17.0 Å². The zero-order valence-corrected chi connectivity index (χ0v) is 19.6. The van der Waals surface area contributed by atoms with Crippen LogP contribution in [0.3, 0.4) is 0 Å². The average Bonchev–Trinajstić information content (AvgIpc) is 3.17. The maximum atomic E-state index is 12.6. The first-order valence-corrected chi connectivity index (χ1v) is 11.5. The standard InChI is InChI=1S/C24H27Cl2N5O/c1-18-13-20(28-31(18)21-5-3-2-4-6-21)15-27-16-24(32)30-11-9-29(10-12-30)17-19-7-8-22(25)23(26)14-19/h2-8,13-14,27H,9-12,15-17H2,1H3. The van der Waals surface area contributed by atoms with E-state index in [4.69, 9.17) is 23.2 Å². The highest BCUT2D eigenvalue weighted by Crippen LogP contribution is 2.23. The van der Waals surface area contributed by atoms with Gasteiger partial charge in [0.2, 0.25) is 5.91 Å². The fourth-order valence-corrected chi connectivity index (χ4v) is 4.24. The molecule has 0 unspecified atom stereocenters. The number of piperazine rings is 1. The third-order valence-electron chi connectivity index (χ3n) is 5.64. The predicted molar refractivity (Wildman–Crippen MR) is 128 cm³/mol. The quantitative estimate of drug-likeness (QED) is 0.567. The van der Waals surface area contributed by atoms with E-state index >= 15 is 0 Å². The van der Waals surface area contributed by atoms with Crippen LogP contribution in [-0.4, -0.2) is 58.2 Å². The van der Waals surface area contributed by atoms with E-state index in [1.807, 2.05) is 71.1 Å². The van der Waals surface area contributed by atoms with Gasteiger partial charge in [0.15, 0.2) is 0 Å². The topological polar surface area (TPSA) is 53.4 Å². The summed E-state index contributed by atoms with van der Waals surface area (Å²) in [6, 6.07) is 17.8. The van der Waals surface area contributed by atoms with Gasteiger partial charge in [-0.1, -0.05) is 47.5 Å². The minimum absolute atomic E-state index is 0.124. The number of aromatic nitrogens is 2. The molecule has 4 rings (SSSR count). The number of rotatable bonds is 7. The molecule has 3 aromatic rings. The van der Waals surface area contributed by atoms with Gasteiger partial charge in [-0.05, 0) is 42.8 Å². The number of halogens is 2. The number of nitrogens with one attached hydrogen (secondary N) is 1. The maximum Gasteiger partial charge on any atom is 0.236 e. The van der Waals surface area contributed by atoms with E-state index < -0.39 is 0 Å². The lowest BCUT2D eigenvalue weighted by molar-refractivity contribution is -0.132. The molecule has 32 heavy (non-hydrogen) atoms. The SMILES string of the molecule is Cc1cc(CNCC(=O)N2CCN(Cc3ccc(Cl)c(Cl)c3)CC2)nn1-c1ccccc1. The Morgan fingerprint density at radius 2 is 1.75 bits per heavy atom. The predicted octanol–water partition coefficient (Wildman–Crippen LogP) is 3.92. The normalized spacial score (nSPS) is 14.7. The summed E-state index contributed by atoms with van der Waals surface area (Å²) in [5, 5.41) is 9.05. The number of hydrogen-bond acceptors (Lipinski definition) is 4. The number of amides is 1. The molecule has 1 saturated heterocycles. The van der Waals surface area contributed by atoms with Crippen molar-refractivity contribution >= 4 is 29.1 Å². The van der Waals surface area contributed by atoms with E-state index in [0.29, 0.717) is 23.1 Å². The van der Waals surface area contributed by atoms with Crippen molar-refractivity contribution in [2.24, 2.45) is 0 Å². The zero-order chi connectivity index (χ0) is 22.5. The Morgan fingerprint density at radius 1 is 1.00 bits per heavy atom. The van der Waals surface area contributed by atoms with Crippen molar-refractivity contribution in [3.8, 4) is 5.69 Å². The molecule has 6 nitrogen and oxygen atoms in total. The van der Waals surface area contributed by atoms with E-state index in [-0.39, 0.29) is 5.91 Å². The molecule has 1 fully saturated rings. The molecule has 8 heteroatoms. The zero-order valence-electron chi connectivity index (χ0n) is 18.1. The lowest BCUT2D eigenvalue weighted by Crippen LogP contribution is -2.50. The molecule has 0 spiro atoms. The Bertz CT molecular complexity index is 1060. The van der Waals surface area contributed by atoms with Crippen molar-refractivity contribution in [3.05, 3.63) is 81.6 Å². The van der Waals surface area contributed by atoms with Gasteiger partial charge in [0.1, 0.15) is 0 Å². The van der Waals surface area contributed by atoms with E-state index in [1.165, 1.54) is 0 Å². The summed E-state index contributed by atoms with van der Waals surface area (Å²) in [5.74, 6) is 0.124. The number of aryl methyl sites for hydroxylation is 1. The average molecular weight is 472 g/mol. The second-order valence-corrected chi connectivity index (χ2v) is 8.85. The number of carbonyl (C=O) groups is 1. The summed E-state index contributed by atoms with van der Waals surface area (Å²) in [6.07, 6.45) is 0. The van der Waals surface area contributed by atoms with Crippen LogP contribution in [0.25, 0.3) is 5.69 Å². The minimum Gasteiger partial charge on any atom is -0.339 e. The van der Waals surface area contributed by atoms with Gasteiger partial charge in [0.25, 0.3) is 0 Å². The van der Waals surface area contributed by atoms with Crippen LogP contribution < -0.4 is 5.32 Å². The highest BCUT2D eigenvalue weighted by atomic mass is 35.5. The number of carbonyl (C=O) groups excluding carboxylic acids is 1. The third-order valence-corrected chi connectivity index (χ3v) is 6.38. The van der Waals surface area contributed by atoms with Crippen LogP contribution in [-0.2, 0) is 17.9 Å². The molecule has 2 aromatic carbocycles. The molecule has 1 amide bonds. The van der Waals surface area contributed by atoms with Crippen molar-refractivity contribution in [3.63, 3.8) is 0 Å². The Kier molecular flexibility index (Phi) is 7.48. The van der Waals surface area contributed by atoms with Crippen molar-refractivity contribution < 1.29 is 4.79 Å². The first-order chi connectivity index (χ1) is 15.5. The van der Waals surface area contributed by atoms with E-state index in [0.717, 1.165) is 55.4 Å². The summed E-state index contributed by atoms with van der Waals surface area (Å²) < 4.78 is 1.92. The van der Waals surface area contributed by atoms with Gasteiger partial charge in [0.05, 0.1) is 28.0 Å². The van der Waals surface area contributed by atoms with E-state index in [9.17, 15) is 4.79 Å². The molecule has 0 saturated carbocycles. The summed E-state index contributed by atoms with van der Waals surface area (Å²) in [4.78, 5) is 16.9. The molecule has 0 radical (unpaired) electrons. The summed E-state index contributed by atoms with van der Waals surface area (Å²) in [7, 11) is 0. The smallest absolute Gasteiger partial charge is 0.236 e. The Hall–Kier alpha value is -2.38. The van der Waals surface area contributed by atoms with Gasteiger partial charge < -0.3 is 10.2 Å². The lowest BCUT2D eigenvalue weighted by atomic mass is 10.2. The van der Waals surface area contributed by atoms with E-state index in [1.54, 1.807) is 0 Å². The second-order valence-electron chi connectivity index (χ2n) is 8.03. The molecule has 1 N–H and O–H groups in total. The summed E-state index contributed by atoms with van der Waals surface area (Å²) in [6.45, 7) is 6.84. The molecule has 1 aliphatic rings. The van der Waals surface area contributed by atoms with Gasteiger partial charge in [-0.15, -0.1) is 0 Å². The van der Waals surface area contributed by atoms with E-state index in [2.05, 4.69) is 15.3 Å². The fraction of sp³-hybridized carbons (Fsp3) is 0.333. The third kappa shape index (κ3) is 5.70. The molecular weight excluding hydrogens is 445 g/mol. The van der Waals surface area contributed by atoms with Crippen molar-refractivity contribution in [1.29, 1.82) is 0 Å². The monoisotopic (exact) mass is 471 g/mol. The Morgan fingerprint density at radius 3 is 2.47 bits per heavy atom. The molecule has 2 heterocycles. The maximum absolute atomic E-state index is 12.6. The van der Waals surface area contributed by atoms with Crippen LogP contribution >= 0.6 is 23.2 Å². The van der Waals surface area contributed by atoms with Crippen LogP contribution in [0.5, 0.6) is 0 Å². The molecular formula is C24H27Cl2N5O. The van der Waals surface area contributed by atoms with Crippen LogP contribution in [0.4, 0.5) is 0 Å². The molecule has 1 aromatic heterocycles. The first kappa shape index (κ1) is 22.8. The largest absolute Gasteiger partial charge is 0.339 e. The van der Waals surface area contributed by atoms with Gasteiger partial charge in [-0.25, -0.2) is 4.68 Å². The van der Waals surface area contributed by atoms with Gasteiger partial charge in [-0.3, -0.25) is 9.69 Å². The van der Waals surface area contributed by atoms with Crippen molar-refractivity contribution in [2.45, 2.75) is 20.0 Å². The summed E-state index contributed by atoms with van der Waals surface area (Å²) >= 11 is 12.1. The summed E-state index contributed by atoms with van der Waals surface area (Å²) in [5.41, 5.74) is 4.15. The number of hydrogen-bond donors (Lipinski definition) is 1. The molecule has 0 atom stereocenters. The number of para-hydroxylation sites is 1. The minimum atomic E-state index is 0.124. The Labute approximate surface area is 198 Å². The van der Waals surface area contributed by atoms with Crippen LogP contribution in [0.2, 0.25) is 10.0 Å². The van der Waals surface area contributed by atoms with Gasteiger partial charge in [0, 0.05) is 45.0 Å². The molecule has 168 valence electrons. The van der Waals surface area contributed by atoms with Crippen LogP contribution in [0, 0.1) is 6.92 Å². The van der Waals surface area contributed by atoms with Gasteiger partial charge >= 0.3 is 0 Å². The van der Waals surface area contributed by atoms with Crippen LogP contribution in [0.15, 0.2) is 54.6 Å². The van der Waals surface area contributed by atoms with Gasteiger partial charge in [-0.2, -0.15) is 5.10 Å². The first-order valence-electron chi connectivity index (χ1n) is 10.8.